The van der Waals surface area contributed by atoms with Gasteiger partial charge >= 0.3 is 0 Å². The van der Waals surface area contributed by atoms with E-state index in [0.717, 1.165) is 0 Å². The Morgan fingerprint density at radius 3 is 2.48 bits per heavy atom. The highest BCUT2D eigenvalue weighted by Gasteiger charge is 2.08. The number of hydrogen-bond donors (Lipinski definition) is 1. The van der Waals surface area contributed by atoms with Crippen LogP contribution in [-0.4, -0.2) is 19.1 Å². The molecular formula is C18H20FNO3. The summed E-state index contributed by atoms with van der Waals surface area (Å²) in [4.78, 5) is 11.9. The molecule has 0 fully saturated rings. The van der Waals surface area contributed by atoms with Gasteiger partial charge in [-0.15, -0.1) is 0 Å². The molecule has 2 aromatic rings. The summed E-state index contributed by atoms with van der Waals surface area (Å²) < 4.78 is 24.1. The second kappa shape index (κ2) is 8.17. The Hall–Kier alpha value is -2.56. The van der Waals surface area contributed by atoms with Crippen molar-refractivity contribution in [3.63, 3.8) is 0 Å². The summed E-state index contributed by atoms with van der Waals surface area (Å²) in [5.74, 6) is 0.759. The normalized spacial score (nSPS) is 10.2. The van der Waals surface area contributed by atoms with Gasteiger partial charge in [-0.05, 0) is 49.7 Å². The fraction of sp³-hybridized carbons (Fsp3) is 0.278. The van der Waals surface area contributed by atoms with Gasteiger partial charge in [-0.3, -0.25) is 4.79 Å². The molecule has 0 aromatic heterocycles. The molecule has 0 radical (unpaired) electrons. The second-order valence-corrected chi connectivity index (χ2v) is 4.99. The van der Waals surface area contributed by atoms with E-state index in [1.54, 1.807) is 19.1 Å². The smallest absolute Gasteiger partial charge is 0.227 e. The number of anilines is 1. The van der Waals surface area contributed by atoms with E-state index in [-0.39, 0.29) is 24.8 Å². The Morgan fingerprint density at radius 1 is 1.13 bits per heavy atom. The third-order valence-corrected chi connectivity index (χ3v) is 3.20. The molecule has 0 bridgehead atoms. The Balaban J connectivity index is 1.85. The number of amides is 1. The maximum absolute atomic E-state index is 13.0. The van der Waals surface area contributed by atoms with Gasteiger partial charge < -0.3 is 14.8 Å². The molecule has 0 heterocycles. The molecule has 0 atom stereocenters. The van der Waals surface area contributed by atoms with Crippen molar-refractivity contribution >= 4 is 11.6 Å². The van der Waals surface area contributed by atoms with Gasteiger partial charge in [0.25, 0.3) is 0 Å². The van der Waals surface area contributed by atoms with E-state index in [9.17, 15) is 9.18 Å². The summed E-state index contributed by atoms with van der Waals surface area (Å²) in [6, 6.07) is 11.6. The maximum atomic E-state index is 13.0. The highest BCUT2D eigenvalue weighted by molar-refractivity contribution is 5.91. The molecule has 0 aliphatic rings. The summed E-state index contributed by atoms with van der Waals surface area (Å²) in [5.41, 5.74) is 1.28. The molecule has 0 spiro atoms. The number of aryl methyl sites for hydroxylation is 1. The molecule has 0 saturated heterocycles. The Morgan fingerprint density at radius 2 is 1.83 bits per heavy atom. The van der Waals surface area contributed by atoms with Gasteiger partial charge in [0.2, 0.25) is 5.91 Å². The number of ether oxygens (including phenoxy) is 2. The van der Waals surface area contributed by atoms with Gasteiger partial charge in [0, 0.05) is 5.69 Å². The molecule has 2 aromatic carbocycles. The molecule has 5 heteroatoms. The lowest BCUT2D eigenvalue weighted by Crippen LogP contribution is -2.16. The van der Waals surface area contributed by atoms with Crippen molar-refractivity contribution in [3.8, 4) is 11.5 Å². The fourth-order valence-electron chi connectivity index (χ4n) is 2.08. The van der Waals surface area contributed by atoms with Crippen LogP contribution in [0.1, 0.15) is 18.9 Å². The Kier molecular flexibility index (Phi) is 5.97. The minimum Gasteiger partial charge on any atom is -0.490 e. The van der Waals surface area contributed by atoms with Crippen LogP contribution in [0.3, 0.4) is 0 Å². The zero-order valence-electron chi connectivity index (χ0n) is 13.3. The Labute approximate surface area is 135 Å². The summed E-state index contributed by atoms with van der Waals surface area (Å²) in [6.07, 6.45) is 0.192. The third kappa shape index (κ3) is 4.98. The summed E-state index contributed by atoms with van der Waals surface area (Å²) in [7, 11) is 0. The van der Waals surface area contributed by atoms with Crippen LogP contribution in [0.25, 0.3) is 0 Å². The van der Waals surface area contributed by atoms with Crippen LogP contribution < -0.4 is 14.8 Å². The van der Waals surface area contributed by atoms with E-state index >= 15 is 0 Å². The average Bonchev–Trinajstić information content (AvgIpc) is 2.52. The van der Waals surface area contributed by atoms with E-state index in [4.69, 9.17) is 9.47 Å². The van der Waals surface area contributed by atoms with E-state index < -0.39 is 0 Å². The van der Waals surface area contributed by atoms with E-state index in [1.165, 1.54) is 12.1 Å². The highest BCUT2D eigenvalue weighted by atomic mass is 19.1. The van der Waals surface area contributed by atoms with Crippen molar-refractivity contribution in [2.24, 2.45) is 0 Å². The number of para-hydroxylation sites is 2. The van der Waals surface area contributed by atoms with Crippen molar-refractivity contribution < 1.29 is 18.7 Å². The lowest BCUT2D eigenvalue weighted by Gasteiger charge is -2.12. The number of nitrogens with one attached hydrogen (secondary N) is 1. The minimum absolute atomic E-state index is 0.186. The molecule has 2 rings (SSSR count). The summed E-state index contributed by atoms with van der Waals surface area (Å²) in [5, 5.41) is 2.75. The van der Waals surface area contributed by atoms with Crippen molar-refractivity contribution in [1.82, 2.24) is 0 Å². The van der Waals surface area contributed by atoms with Crippen LogP contribution in [0.5, 0.6) is 11.5 Å². The number of benzene rings is 2. The number of rotatable bonds is 7. The zero-order chi connectivity index (χ0) is 16.7. The zero-order valence-corrected chi connectivity index (χ0v) is 13.3. The molecule has 0 saturated carbocycles. The van der Waals surface area contributed by atoms with Crippen LogP contribution in [-0.2, 0) is 4.79 Å². The van der Waals surface area contributed by atoms with E-state index in [1.807, 2.05) is 25.1 Å². The molecule has 23 heavy (non-hydrogen) atoms. The largest absolute Gasteiger partial charge is 0.490 e. The van der Waals surface area contributed by atoms with Gasteiger partial charge in [-0.25, -0.2) is 4.39 Å². The molecule has 1 amide bonds. The average molecular weight is 317 g/mol. The number of halogens is 1. The first-order chi connectivity index (χ1) is 11.1. The van der Waals surface area contributed by atoms with Gasteiger partial charge in [0.15, 0.2) is 11.5 Å². The van der Waals surface area contributed by atoms with Gasteiger partial charge in [-0.1, -0.05) is 12.1 Å². The van der Waals surface area contributed by atoms with Crippen molar-refractivity contribution in [3.05, 3.63) is 53.8 Å². The van der Waals surface area contributed by atoms with Gasteiger partial charge in [-0.2, -0.15) is 0 Å². The number of hydrogen-bond acceptors (Lipinski definition) is 3. The van der Waals surface area contributed by atoms with Crippen LogP contribution in [0.15, 0.2) is 42.5 Å². The topological polar surface area (TPSA) is 47.6 Å². The lowest BCUT2D eigenvalue weighted by atomic mass is 10.2. The fourth-order valence-corrected chi connectivity index (χ4v) is 2.08. The standard InChI is InChI=1S/C18H20FNO3/c1-3-22-16-6-4-5-7-17(16)23-11-10-18(21)20-15-9-8-14(19)12-13(15)2/h4-9,12H,3,10-11H2,1-2H3,(H,20,21). The van der Waals surface area contributed by atoms with Crippen LogP contribution in [0, 0.1) is 12.7 Å². The monoisotopic (exact) mass is 317 g/mol. The number of carbonyl (C=O) groups excluding carboxylic acids is 1. The van der Waals surface area contributed by atoms with Crippen LogP contribution in [0.4, 0.5) is 10.1 Å². The predicted molar refractivity (Wildman–Crippen MR) is 87.5 cm³/mol. The van der Waals surface area contributed by atoms with Crippen molar-refractivity contribution in [1.29, 1.82) is 0 Å². The second-order valence-electron chi connectivity index (χ2n) is 4.99. The molecule has 1 N–H and O–H groups in total. The summed E-state index contributed by atoms with van der Waals surface area (Å²) >= 11 is 0. The third-order valence-electron chi connectivity index (χ3n) is 3.20. The molecule has 0 unspecified atom stereocenters. The van der Waals surface area contributed by atoms with E-state index in [2.05, 4.69) is 5.32 Å². The first-order valence-electron chi connectivity index (χ1n) is 7.50. The van der Waals surface area contributed by atoms with Crippen molar-refractivity contribution in [2.45, 2.75) is 20.3 Å². The Bertz CT molecular complexity index is 673. The minimum atomic E-state index is -0.323. The maximum Gasteiger partial charge on any atom is 0.227 e. The first-order valence-corrected chi connectivity index (χ1v) is 7.50. The van der Waals surface area contributed by atoms with Crippen LogP contribution in [0.2, 0.25) is 0 Å². The predicted octanol–water partition coefficient (Wildman–Crippen LogP) is 3.94. The highest BCUT2D eigenvalue weighted by Crippen LogP contribution is 2.26. The molecule has 0 aliphatic carbocycles. The first kappa shape index (κ1) is 16.8. The number of carbonyl (C=O) groups is 1. The van der Waals surface area contributed by atoms with Gasteiger partial charge in [0.1, 0.15) is 5.82 Å². The van der Waals surface area contributed by atoms with Gasteiger partial charge in [0.05, 0.1) is 19.6 Å². The molecule has 0 aliphatic heterocycles. The van der Waals surface area contributed by atoms with Crippen LogP contribution >= 0.6 is 0 Å². The lowest BCUT2D eigenvalue weighted by molar-refractivity contribution is -0.116. The molecular weight excluding hydrogens is 297 g/mol. The van der Waals surface area contributed by atoms with Crippen molar-refractivity contribution in [2.75, 3.05) is 18.5 Å². The molecule has 4 nitrogen and oxygen atoms in total. The molecule has 122 valence electrons. The quantitative estimate of drug-likeness (QED) is 0.841. The van der Waals surface area contributed by atoms with E-state index in [0.29, 0.717) is 29.4 Å². The summed E-state index contributed by atoms with van der Waals surface area (Å²) in [6.45, 7) is 4.42. The SMILES string of the molecule is CCOc1ccccc1OCCC(=O)Nc1ccc(F)cc1C.